The third-order valence-electron chi connectivity index (χ3n) is 5.74. The Morgan fingerprint density at radius 1 is 0.838 bits per heavy atom. The summed E-state index contributed by atoms with van der Waals surface area (Å²) in [6.45, 7) is 6.07. The van der Waals surface area contributed by atoms with Gasteiger partial charge in [0.25, 0.3) is 5.69 Å². The minimum Gasteiger partial charge on any atom is -0.338 e. The van der Waals surface area contributed by atoms with Crippen LogP contribution in [-0.4, -0.2) is 36.6 Å². The Morgan fingerprint density at radius 3 is 1.95 bits per heavy atom. The summed E-state index contributed by atoms with van der Waals surface area (Å²) in [6.07, 6.45) is 6.06. The van der Waals surface area contributed by atoms with E-state index in [2.05, 4.69) is 45.3 Å². The van der Waals surface area contributed by atoms with Gasteiger partial charge in [-0.05, 0) is 61.6 Å². The van der Waals surface area contributed by atoms with Crippen molar-refractivity contribution in [3.63, 3.8) is 0 Å². The normalized spacial score (nSPS) is 11.6. The number of amides is 4. The van der Waals surface area contributed by atoms with Crippen molar-refractivity contribution >= 4 is 34.8 Å². The lowest BCUT2D eigenvalue weighted by atomic mass is 9.99. The minimum atomic E-state index is -0.473. The lowest BCUT2D eigenvalue weighted by Crippen LogP contribution is -2.38. The van der Waals surface area contributed by atoms with E-state index in [0.29, 0.717) is 42.6 Å². The zero-order valence-electron chi connectivity index (χ0n) is 21.5. The van der Waals surface area contributed by atoms with Crippen LogP contribution in [0.3, 0.4) is 0 Å². The molecule has 4 amide bonds. The number of benzene rings is 2. The fourth-order valence-electron chi connectivity index (χ4n) is 3.44. The van der Waals surface area contributed by atoms with Crippen molar-refractivity contribution in [2.45, 2.75) is 52.4 Å². The zero-order valence-corrected chi connectivity index (χ0v) is 21.5. The van der Waals surface area contributed by atoms with Gasteiger partial charge in [-0.25, -0.2) is 9.59 Å². The highest BCUT2D eigenvalue weighted by atomic mass is 16.6. The lowest BCUT2D eigenvalue weighted by Gasteiger charge is -2.15. The predicted molar refractivity (Wildman–Crippen MR) is 145 cm³/mol. The summed E-state index contributed by atoms with van der Waals surface area (Å²) in [6, 6.07) is 12.1. The summed E-state index contributed by atoms with van der Waals surface area (Å²) in [5.74, 6) is 0.524. The number of non-ortho nitro benzene ring substituents is 1. The standard InChI is InChI=1S/C26H37N7O4/c1-3-5-8-20(4-2)19-29-25(34)27-17-6-7-18-28-26(35)30-21-9-11-22(12-10-21)31-32-23-13-15-24(16-14-23)33(36)37/h9-16,20H,3-8,17-19H2,1-2H3,(H2,27,29,34)(H2,28,30,35). The number of hydrogen-bond acceptors (Lipinski definition) is 6. The Labute approximate surface area is 217 Å². The van der Waals surface area contributed by atoms with Gasteiger partial charge in [-0.15, -0.1) is 0 Å². The summed E-state index contributed by atoms with van der Waals surface area (Å²) in [4.78, 5) is 34.2. The molecule has 2 aromatic rings. The number of anilines is 1. The number of rotatable bonds is 15. The SMILES string of the molecule is CCCCC(CC)CNC(=O)NCCCCNC(=O)Nc1ccc(N=Nc2ccc([N+](=O)[O-])cc2)cc1. The van der Waals surface area contributed by atoms with Gasteiger partial charge in [-0.3, -0.25) is 10.1 Å². The first-order valence-corrected chi connectivity index (χ1v) is 12.7. The van der Waals surface area contributed by atoms with Crippen LogP contribution < -0.4 is 21.3 Å². The number of nitrogens with one attached hydrogen (secondary N) is 4. The smallest absolute Gasteiger partial charge is 0.319 e. The van der Waals surface area contributed by atoms with Gasteiger partial charge in [0, 0.05) is 37.5 Å². The van der Waals surface area contributed by atoms with Crippen molar-refractivity contribution < 1.29 is 14.5 Å². The Bertz CT molecular complexity index is 1010. The van der Waals surface area contributed by atoms with Crippen molar-refractivity contribution in [3.8, 4) is 0 Å². The topological polar surface area (TPSA) is 150 Å². The van der Waals surface area contributed by atoms with Crippen LogP contribution in [0.5, 0.6) is 0 Å². The van der Waals surface area contributed by atoms with E-state index in [1.54, 1.807) is 24.3 Å². The number of urea groups is 2. The average molecular weight is 512 g/mol. The van der Waals surface area contributed by atoms with Gasteiger partial charge < -0.3 is 21.3 Å². The number of unbranched alkanes of at least 4 members (excludes halogenated alkanes) is 2. The molecule has 0 aliphatic rings. The molecular formula is C26H37N7O4. The molecule has 2 rings (SSSR count). The molecule has 0 saturated heterocycles. The highest BCUT2D eigenvalue weighted by molar-refractivity contribution is 5.89. The molecule has 1 atom stereocenters. The van der Waals surface area contributed by atoms with Crippen LogP contribution in [0.1, 0.15) is 52.4 Å². The molecule has 11 heteroatoms. The molecule has 0 aliphatic carbocycles. The largest absolute Gasteiger partial charge is 0.338 e. The van der Waals surface area contributed by atoms with Crippen molar-refractivity contribution in [1.82, 2.24) is 16.0 Å². The first kappa shape index (κ1) is 29.2. The summed E-state index contributed by atoms with van der Waals surface area (Å²) in [5, 5.41) is 30.2. The highest BCUT2D eigenvalue weighted by Gasteiger charge is 2.08. The molecule has 37 heavy (non-hydrogen) atoms. The van der Waals surface area contributed by atoms with E-state index in [-0.39, 0.29) is 17.7 Å². The molecule has 11 nitrogen and oxygen atoms in total. The maximum atomic E-state index is 12.1. The van der Waals surface area contributed by atoms with E-state index in [0.717, 1.165) is 25.7 Å². The summed E-state index contributed by atoms with van der Waals surface area (Å²) >= 11 is 0. The lowest BCUT2D eigenvalue weighted by molar-refractivity contribution is -0.384. The Hall–Kier alpha value is -4.02. The van der Waals surface area contributed by atoms with Crippen LogP contribution in [0.15, 0.2) is 58.8 Å². The van der Waals surface area contributed by atoms with E-state index < -0.39 is 4.92 Å². The highest BCUT2D eigenvalue weighted by Crippen LogP contribution is 2.22. The van der Waals surface area contributed by atoms with Crippen molar-refractivity contribution in [2.24, 2.45) is 16.1 Å². The molecule has 1 unspecified atom stereocenters. The van der Waals surface area contributed by atoms with E-state index in [1.165, 1.54) is 37.1 Å². The molecule has 0 fully saturated rings. The van der Waals surface area contributed by atoms with Gasteiger partial charge in [0.15, 0.2) is 0 Å². The van der Waals surface area contributed by atoms with Crippen molar-refractivity contribution in [1.29, 1.82) is 0 Å². The van der Waals surface area contributed by atoms with Crippen LogP contribution in [0, 0.1) is 16.0 Å². The molecule has 0 aromatic heterocycles. The summed E-state index contributed by atoms with van der Waals surface area (Å²) < 4.78 is 0. The predicted octanol–water partition coefficient (Wildman–Crippen LogP) is 6.43. The first-order valence-electron chi connectivity index (χ1n) is 12.7. The van der Waals surface area contributed by atoms with Gasteiger partial charge in [-0.2, -0.15) is 10.2 Å². The number of carbonyl (C=O) groups excluding carboxylic acids is 2. The van der Waals surface area contributed by atoms with Gasteiger partial charge in [0.2, 0.25) is 0 Å². The average Bonchev–Trinajstić information content (AvgIpc) is 2.90. The van der Waals surface area contributed by atoms with Gasteiger partial charge in [0.05, 0.1) is 16.3 Å². The molecule has 200 valence electrons. The van der Waals surface area contributed by atoms with E-state index in [4.69, 9.17) is 0 Å². The van der Waals surface area contributed by atoms with Crippen molar-refractivity contribution in [3.05, 3.63) is 58.6 Å². The number of azo groups is 1. The maximum Gasteiger partial charge on any atom is 0.319 e. The molecule has 0 bridgehead atoms. The van der Waals surface area contributed by atoms with Gasteiger partial charge in [-0.1, -0.05) is 33.1 Å². The van der Waals surface area contributed by atoms with Gasteiger partial charge in [0.1, 0.15) is 0 Å². The van der Waals surface area contributed by atoms with Crippen LogP contribution in [-0.2, 0) is 0 Å². The number of nitrogens with zero attached hydrogens (tertiary/aromatic N) is 3. The monoisotopic (exact) mass is 511 g/mol. The molecule has 0 aliphatic heterocycles. The Morgan fingerprint density at radius 2 is 1.41 bits per heavy atom. The van der Waals surface area contributed by atoms with Crippen LogP contribution >= 0.6 is 0 Å². The zero-order chi connectivity index (χ0) is 26.9. The number of nitro groups is 1. The van der Waals surface area contributed by atoms with Crippen LogP contribution in [0.25, 0.3) is 0 Å². The molecule has 0 heterocycles. The second kappa shape index (κ2) is 16.6. The van der Waals surface area contributed by atoms with E-state index in [1.807, 2.05) is 0 Å². The fourth-order valence-corrected chi connectivity index (χ4v) is 3.44. The van der Waals surface area contributed by atoms with Crippen molar-refractivity contribution in [2.75, 3.05) is 25.0 Å². The third-order valence-corrected chi connectivity index (χ3v) is 5.74. The minimum absolute atomic E-state index is 0.00898. The molecule has 0 radical (unpaired) electrons. The second-order valence-corrected chi connectivity index (χ2v) is 8.66. The quantitative estimate of drug-likeness (QED) is 0.0943. The molecule has 4 N–H and O–H groups in total. The summed E-state index contributed by atoms with van der Waals surface area (Å²) in [7, 11) is 0. The van der Waals surface area contributed by atoms with E-state index >= 15 is 0 Å². The number of hydrogen-bond donors (Lipinski definition) is 4. The molecular weight excluding hydrogens is 474 g/mol. The first-order chi connectivity index (χ1) is 17.9. The summed E-state index contributed by atoms with van der Waals surface area (Å²) in [5.41, 5.74) is 1.67. The molecule has 0 spiro atoms. The number of carbonyl (C=O) groups is 2. The van der Waals surface area contributed by atoms with E-state index in [9.17, 15) is 19.7 Å². The fraction of sp³-hybridized carbons (Fsp3) is 0.462. The van der Waals surface area contributed by atoms with Gasteiger partial charge >= 0.3 is 12.1 Å². The molecule has 2 aromatic carbocycles. The Balaban J connectivity index is 1.59. The second-order valence-electron chi connectivity index (χ2n) is 8.66. The van der Waals surface area contributed by atoms with Crippen LogP contribution in [0.4, 0.5) is 32.3 Å². The molecule has 0 saturated carbocycles. The Kier molecular flexibility index (Phi) is 13.1. The van der Waals surface area contributed by atoms with Crippen LogP contribution in [0.2, 0.25) is 0 Å². The number of nitro benzene ring substituents is 1. The third kappa shape index (κ3) is 12.0. The maximum absolute atomic E-state index is 12.1.